The third-order valence-electron chi connectivity index (χ3n) is 1.35. The number of aliphatic imine (C=N–C) groups is 1. The van der Waals surface area contributed by atoms with Crippen LogP contribution in [0.4, 0.5) is 0 Å². The number of isocyanates is 1. The summed E-state index contributed by atoms with van der Waals surface area (Å²) < 4.78 is 0. The van der Waals surface area contributed by atoms with Gasteiger partial charge in [0.2, 0.25) is 6.08 Å². The van der Waals surface area contributed by atoms with Gasteiger partial charge in [0, 0.05) is 5.38 Å². The third-order valence-corrected chi connectivity index (χ3v) is 2.20. The van der Waals surface area contributed by atoms with Crippen LogP contribution in [0.5, 0.6) is 0 Å². The molecule has 0 saturated heterocycles. The minimum atomic E-state index is -0.458. The Morgan fingerprint density at radius 1 is 1.45 bits per heavy atom. The SMILES string of the molecule is CCC(Cl)CCC(Cl)N=C=O. The molecule has 0 aromatic rings. The fourth-order valence-corrected chi connectivity index (χ4v) is 0.936. The van der Waals surface area contributed by atoms with Crippen LogP contribution in [-0.4, -0.2) is 17.0 Å². The molecular formula is C7H11Cl2NO. The molecule has 0 bridgehead atoms. The summed E-state index contributed by atoms with van der Waals surface area (Å²) in [6, 6.07) is 0. The van der Waals surface area contributed by atoms with Crippen LogP contribution in [-0.2, 0) is 4.79 Å². The van der Waals surface area contributed by atoms with Crippen LogP contribution in [0.25, 0.3) is 0 Å². The minimum Gasteiger partial charge on any atom is -0.211 e. The summed E-state index contributed by atoms with van der Waals surface area (Å²) in [7, 11) is 0. The molecule has 0 rings (SSSR count). The van der Waals surface area contributed by atoms with Crippen molar-refractivity contribution in [2.45, 2.75) is 37.1 Å². The van der Waals surface area contributed by atoms with E-state index in [1.807, 2.05) is 6.92 Å². The number of rotatable bonds is 5. The van der Waals surface area contributed by atoms with Crippen LogP contribution in [0.3, 0.4) is 0 Å². The van der Waals surface area contributed by atoms with Crippen molar-refractivity contribution in [1.82, 2.24) is 0 Å². The van der Waals surface area contributed by atoms with E-state index in [1.165, 1.54) is 6.08 Å². The van der Waals surface area contributed by atoms with Crippen LogP contribution < -0.4 is 0 Å². The molecule has 2 atom stereocenters. The first-order valence-electron chi connectivity index (χ1n) is 3.55. The quantitative estimate of drug-likeness (QED) is 0.287. The molecule has 0 aromatic heterocycles. The van der Waals surface area contributed by atoms with Crippen molar-refractivity contribution in [2.24, 2.45) is 4.99 Å². The smallest absolute Gasteiger partial charge is 0.211 e. The summed E-state index contributed by atoms with van der Waals surface area (Å²) in [4.78, 5) is 13.1. The number of carbonyl (C=O) groups excluding carboxylic acids is 1. The first kappa shape index (κ1) is 11.0. The summed E-state index contributed by atoms with van der Waals surface area (Å²) in [5, 5.41) is 0.137. The van der Waals surface area contributed by atoms with Crippen LogP contribution >= 0.6 is 23.2 Å². The lowest BCUT2D eigenvalue weighted by molar-refractivity contribution is 0.559. The lowest BCUT2D eigenvalue weighted by Crippen LogP contribution is -2.01. The van der Waals surface area contributed by atoms with E-state index in [0.29, 0.717) is 6.42 Å². The summed E-state index contributed by atoms with van der Waals surface area (Å²) in [5.74, 6) is 0. The average Bonchev–Trinajstić information content (AvgIpc) is 2.01. The molecule has 0 heterocycles. The Morgan fingerprint density at radius 3 is 2.55 bits per heavy atom. The molecule has 0 amide bonds. The standard InChI is InChI=1S/C7H11Cl2NO/c1-2-6(8)3-4-7(9)10-5-11/h6-7H,2-4H2,1H3. The molecule has 0 aliphatic carbocycles. The molecule has 0 radical (unpaired) electrons. The summed E-state index contributed by atoms with van der Waals surface area (Å²) in [6.45, 7) is 2.00. The van der Waals surface area contributed by atoms with E-state index < -0.39 is 5.50 Å². The van der Waals surface area contributed by atoms with E-state index in [0.717, 1.165) is 12.8 Å². The highest BCUT2D eigenvalue weighted by Gasteiger charge is 2.05. The largest absolute Gasteiger partial charge is 0.236 e. The predicted octanol–water partition coefficient (Wildman–Crippen LogP) is 2.68. The maximum atomic E-state index is 9.72. The van der Waals surface area contributed by atoms with E-state index in [-0.39, 0.29) is 5.38 Å². The van der Waals surface area contributed by atoms with Gasteiger partial charge in [0.25, 0.3) is 0 Å². The van der Waals surface area contributed by atoms with E-state index in [2.05, 4.69) is 4.99 Å². The van der Waals surface area contributed by atoms with Crippen molar-refractivity contribution in [3.05, 3.63) is 0 Å². The molecule has 64 valence electrons. The Kier molecular flexibility index (Phi) is 6.63. The van der Waals surface area contributed by atoms with Gasteiger partial charge in [-0.2, -0.15) is 4.99 Å². The highest BCUT2D eigenvalue weighted by Crippen LogP contribution is 2.14. The Balaban J connectivity index is 3.44. The lowest BCUT2D eigenvalue weighted by Gasteiger charge is -2.05. The van der Waals surface area contributed by atoms with E-state index in [4.69, 9.17) is 23.2 Å². The summed E-state index contributed by atoms with van der Waals surface area (Å²) in [6.07, 6.45) is 3.75. The first-order chi connectivity index (χ1) is 5.20. The topological polar surface area (TPSA) is 29.4 Å². The van der Waals surface area contributed by atoms with Crippen molar-refractivity contribution >= 4 is 29.3 Å². The van der Waals surface area contributed by atoms with Crippen molar-refractivity contribution in [2.75, 3.05) is 0 Å². The molecule has 0 N–H and O–H groups in total. The molecular weight excluding hydrogens is 185 g/mol. The third kappa shape index (κ3) is 6.36. The number of halogens is 2. The number of nitrogens with zero attached hydrogens (tertiary/aromatic N) is 1. The van der Waals surface area contributed by atoms with Crippen LogP contribution in [0.1, 0.15) is 26.2 Å². The second kappa shape index (κ2) is 6.66. The van der Waals surface area contributed by atoms with Gasteiger partial charge in [-0.1, -0.05) is 18.5 Å². The normalized spacial score (nSPS) is 15.2. The van der Waals surface area contributed by atoms with Gasteiger partial charge in [-0.3, -0.25) is 0 Å². The van der Waals surface area contributed by atoms with Gasteiger partial charge < -0.3 is 0 Å². The molecule has 0 aliphatic rings. The summed E-state index contributed by atoms with van der Waals surface area (Å²) in [5.41, 5.74) is -0.458. The van der Waals surface area contributed by atoms with Crippen LogP contribution in [0, 0.1) is 0 Å². The van der Waals surface area contributed by atoms with Gasteiger partial charge in [-0.25, -0.2) is 4.79 Å². The molecule has 2 unspecified atom stereocenters. The fraction of sp³-hybridized carbons (Fsp3) is 0.857. The molecule has 2 nitrogen and oxygen atoms in total. The highest BCUT2D eigenvalue weighted by molar-refractivity contribution is 6.21. The second-order valence-corrected chi connectivity index (χ2v) is 3.36. The van der Waals surface area contributed by atoms with E-state index >= 15 is 0 Å². The number of hydrogen-bond acceptors (Lipinski definition) is 2. The Morgan fingerprint density at radius 2 is 2.09 bits per heavy atom. The fourth-order valence-electron chi connectivity index (χ4n) is 0.644. The van der Waals surface area contributed by atoms with Gasteiger partial charge in [0.1, 0.15) is 5.50 Å². The predicted molar refractivity (Wildman–Crippen MR) is 46.9 cm³/mol. The highest BCUT2D eigenvalue weighted by atomic mass is 35.5. The molecule has 0 fully saturated rings. The second-order valence-electron chi connectivity index (χ2n) is 2.24. The maximum Gasteiger partial charge on any atom is 0.236 e. The molecule has 0 aliphatic heterocycles. The monoisotopic (exact) mass is 195 g/mol. The van der Waals surface area contributed by atoms with Gasteiger partial charge >= 0.3 is 0 Å². The van der Waals surface area contributed by atoms with Gasteiger partial charge in [0.15, 0.2) is 0 Å². The van der Waals surface area contributed by atoms with Crippen molar-refractivity contribution in [3.63, 3.8) is 0 Å². The van der Waals surface area contributed by atoms with Crippen molar-refractivity contribution in [1.29, 1.82) is 0 Å². The maximum absolute atomic E-state index is 9.72. The average molecular weight is 196 g/mol. The molecule has 4 heteroatoms. The Hall–Kier alpha value is -0.0400. The van der Waals surface area contributed by atoms with Crippen LogP contribution in [0.2, 0.25) is 0 Å². The Bertz CT molecular complexity index is 145. The van der Waals surface area contributed by atoms with Gasteiger partial charge in [-0.05, 0) is 19.3 Å². The zero-order valence-corrected chi connectivity index (χ0v) is 7.90. The zero-order valence-electron chi connectivity index (χ0n) is 6.39. The lowest BCUT2D eigenvalue weighted by atomic mass is 10.2. The molecule has 0 saturated carbocycles. The number of alkyl halides is 2. The number of hydrogen-bond donors (Lipinski definition) is 0. The molecule has 11 heavy (non-hydrogen) atoms. The summed E-state index contributed by atoms with van der Waals surface area (Å²) >= 11 is 11.4. The van der Waals surface area contributed by atoms with E-state index in [1.54, 1.807) is 0 Å². The van der Waals surface area contributed by atoms with Gasteiger partial charge in [-0.15, -0.1) is 11.6 Å². The molecule has 0 spiro atoms. The minimum absolute atomic E-state index is 0.137. The van der Waals surface area contributed by atoms with Crippen LogP contribution in [0.15, 0.2) is 4.99 Å². The van der Waals surface area contributed by atoms with Gasteiger partial charge in [0.05, 0.1) is 0 Å². The molecule has 0 aromatic carbocycles. The van der Waals surface area contributed by atoms with E-state index in [9.17, 15) is 4.79 Å². The van der Waals surface area contributed by atoms with Crippen molar-refractivity contribution in [3.8, 4) is 0 Å². The zero-order chi connectivity index (χ0) is 8.69. The Labute approximate surface area is 76.6 Å². The van der Waals surface area contributed by atoms with Crippen molar-refractivity contribution < 1.29 is 4.79 Å². The first-order valence-corrected chi connectivity index (χ1v) is 4.43.